The number of carbonyl (C=O) groups excluding carboxylic acids is 2. The second kappa shape index (κ2) is 8.89. The van der Waals surface area contributed by atoms with Gasteiger partial charge in [-0.05, 0) is 32.4 Å². The van der Waals surface area contributed by atoms with Crippen LogP contribution in [0.25, 0.3) is 0 Å². The van der Waals surface area contributed by atoms with Gasteiger partial charge >= 0.3 is 0 Å². The Morgan fingerprint density at radius 2 is 2.12 bits per heavy atom. The Hall–Kier alpha value is -3.03. The van der Waals surface area contributed by atoms with Crippen LogP contribution in [0.4, 0.5) is 5.69 Å². The molecule has 1 aliphatic heterocycles. The summed E-state index contributed by atoms with van der Waals surface area (Å²) in [5, 5.41) is 14.0. The summed E-state index contributed by atoms with van der Waals surface area (Å²) in [7, 11) is 0. The van der Waals surface area contributed by atoms with Crippen molar-refractivity contribution in [3.63, 3.8) is 0 Å². The third-order valence-corrected chi connectivity index (χ3v) is 4.28. The van der Waals surface area contributed by atoms with Crippen molar-refractivity contribution in [2.75, 3.05) is 18.0 Å². The van der Waals surface area contributed by atoms with Crippen molar-refractivity contribution in [1.82, 2.24) is 16.3 Å². The van der Waals surface area contributed by atoms with Gasteiger partial charge in [0.05, 0.1) is 12.1 Å². The molecule has 8 nitrogen and oxygen atoms in total. The average Bonchev–Trinajstić information content (AvgIpc) is 2.94. The summed E-state index contributed by atoms with van der Waals surface area (Å²) in [6.07, 6.45) is 1.88. The third kappa shape index (κ3) is 4.75. The first-order valence-electron chi connectivity index (χ1n) is 8.60. The topological polar surface area (TPSA) is 106 Å². The molecule has 2 rings (SSSR count). The first kappa shape index (κ1) is 19.3. The van der Waals surface area contributed by atoms with E-state index in [1.165, 1.54) is 6.21 Å². The maximum absolute atomic E-state index is 11.8. The molecule has 26 heavy (non-hydrogen) atoms. The van der Waals surface area contributed by atoms with E-state index in [0.717, 1.165) is 18.8 Å². The van der Waals surface area contributed by atoms with Crippen LogP contribution in [0.5, 0.6) is 5.75 Å². The molecule has 0 saturated carbocycles. The lowest BCUT2D eigenvalue weighted by Crippen LogP contribution is -2.26. The minimum Gasteiger partial charge on any atom is -0.507 e. The van der Waals surface area contributed by atoms with Crippen molar-refractivity contribution in [2.45, 2.75) is 26.7 Å². The van der Waals surface area contributed by atoms with Crippen LogP contribution in [0.3, 0.4) is 0 Å². The first-order valence-corrected chi connectivity index (χ1v) is 8.60. The zero-order valence-corrected chi connectivity index (χ0v) is 15.1. The minimum atomic E-state index is -0.415. The SMILES string of the molecule is C=C1NNC(=O)C1CCC(=O)NN=Cc1ccc(N(CC)CC)cc1O. The van der Waals surface area contributed by atoms with Gasteiger partial charge < -0.3 is 15.4 Å². The Morgan fingerprint density at radius 3 is 2.69 bits per heavy atom. The number of hydrogen-bond donors (Lipinski definition) is 4. The van der Waals surface area contributed by atoms with Gasteiger partial charge in [-0.2, -0.15) is 5.10 Å². The standard InChI is InChI=1S/C18H25N5O3/c1-4-23(5-2)14-7-6-13(16(24)10-14)11-19-21-17(25)9-8-15-12(3)20-22-18(15)26/h6-7,10-11,15,20,24H,3-5,8-9H2,1-2H3,(H,21,25)(H,22,26). The number of benzene rings is 1. The zero-order chi connectivity index (χ0) is 19.1. The van der Waals surface area contributed by atoms with Gasteiger partial charge in [-0.3, -0.25) is 15.0 Å². The minimum absolute atomic E-state index is 0.0948. The molecular weight excluding hydrogens is 334 g/mol. The predicted octanol–water partition coefficient (Wildman–Crippen LogP) is 1.23. The van der Waals surface area contributed by atoms with E-state index >= 15 is 0 Å². The Morgan fingerprint density at radius 1 is 1.38 bits per heavy atom. The number of hydrazone groups is 1. The fraction of sp³-hybridized carbons (Fsp3) is 0.389. The molecule has 4 N–H and O–H groups in total. The normalized spacial score (nSPS) is 16.5. The smallest absolute Gasteiger partial charge is 0.247 e. The molecule has 1 aromatic rings. The molecular formula is C18H25N5O3. The van der Waals surface area contributed by atoms with E-state index < -0.39 is 5.92 Å². The Kier molecular flexibility index (Phi) is 6.60. The summed E-state index contributed by atoms with van der Waals surface area (Å²) in [6, 6.07) is 5.32. The van der Waals surface area contributed by atoms with E-state index in [1.54, 1.807) is 12.1 Å². The predicted molar refractivity (Wildman–Crippen MR) is 101 cm³/mol. The molecule has 8 heteroatoms. The van der Waals surface area contributed by atoms with Gasteiger partial charge in [0.1, 0.15) is 5.75 Å². The van der Waals surface area contributed by atoms with E-state index in [2.05, 4.69) is 32.9 Å². The van der Waals surface area contributed by atoms with Gasteiger partial charge in [0.2, 0.25) is 11.8 Å². The van der Waals surface area contributed by atoms with Gasteiger partial charge in [-0.1, -0.05) is 6.58 Å². The Balaban J connectivity index is 1.86. The van der Waals surface area contributed by atoms with Crippen LogP contribution >= 0.6 is 0 Å². The van der Waals surface area contributed by atoms with Gasteiger partial charge in [-0.25, -0.2) is 5.43 Å². The van der Waals surface area contributed by atoms with E-state index in [9.17, 15) is 14.7 Å². The van der Waals surface area contributed by atoms with Crippen molar-refractivity contribution < 1.29 is 14.7 Å². The fourth-order valence-corrected chi connectivity index (χ4v) is 2.71. The molecule has 0 bridgehead atoms. The Labute approximate surface area is 152 Å². The van der Waals surface area contributed by atoms with Crippen molar-refractivity contribution in [1.29, 1.82) is 0 Å². The van der Waals surface area contributed by atoms with Crippen molar-refractivity contribution in [3.05, 3.63) is 36.0 Å². The zero-order valence-electron chi connectivity index (χ0n) is 15.1. The monoisotopic (exact) mass is 359 g/mol. The highest BCUT2D eigenvalue weighted by Crippen LogP contribution is 2.23. The molecule has 1 heterocycles. The van der Waals surface area contributed by atoms with Gasteiger partial charge in [0.25, 0.3) is 0 Å². The second-order valence-electron chi connectivity index (χ2n) is 5.94. The number of nitrogens with one attached hydrogen (secondary N) is 3. The average molecular weight is 359 g/mol. The molecule has 1 fully saturated rings. The highest BCUT2D eigenvalue weighted by molar-refractivity contribution is 5.87. The summed E-state index contributed by atoms with van der Waals surface area (Å²) in [5.41, 5.74) is 9.50. The maximum Gasteiger partial charge on any atom is 0.247 e. The highest BCUT2D eigenvalue weighted by Gasteiger charge is 2.28. The van der Waals surface area contributed by atoms with Crippen LogP contribution < -0.4 is 21.2 Å². The number of amides is 2. The maximum atomic E-state index is 11.8. The number of phenolic OH excluding ortho intramolecular Hbond substituents is 1. The molecule has 140 valence electrons. The number of carbonyl (C=O) groups is 2. The molecule has 0 aromatic heterocycles. The van der Waals surface area contributed by atoms with Crippen LogP contribution in [0.2, 0.25) is 0 Å². The summed E-state index contributed by atoms with van der Waals surface area (Å²) < 4.78 is 0. The molecule has 1 unspecified atom stereocenters. The fourth-order valence-electron chi connectivity index (χ4n) is 2.71. The van der Waals surface area contributed by atoms with Crippen LogP contribution in [0.15, 0.2) is 35.6 Å². The van der Waals surface area contributed by atoms with E-state index in [1.807, 2.05) is 19.9 Å². The molecule has 1 atom stereocenters. The number of anilines is 1. The number of rotatable bonds is 8. The molecule has 2 amide bonds. The lowest BCUT2D eigenvalue weighted by Gasteiger charge is -2.21. The summed E-state index contributed by atoms with van der Waals surface area (Å²) in [6.45, 7) is 9.51. The highest BCUT2D eigenvalue weighted by atomic mass is 16.3. The first-order chi connectivity index (χ1) is 12.5. The van der Waals surface area contributed by atoms with Crippen LogP contribution in [-0.4, -0.2) is 36.2 Å². The van der Waals surface area contributed by atoms with Crippen LogP contribution in [0, 0.1) is 5.92 Å². The van der Waals surface area contributed by atoms with Crippen LogP contribution in [0.1, 0.15) is 32.3 Å². The van der Waals surface area contributed by atoms with Crippen molar-refractivity contribution in [3.8, 4) is 5.75 Å². The van der Waals surface area contributed by atoms with Crippen molar-refractivity contribution >= 4 is 23.7 Å². The molecule has 1 saturated heterocycles. The van der Waals surface area contributed by atoms with E-state index in [-0.39, 0.29) is 24.0 Å². The third-order valence-electron chi connectivity index (χ3n) is 4.28. The molecule has 1 aliphatic rings. The summed E-state index contributed by atoms with van der Waals surface area (Å²) in [4.78, 5) is 25.5. The summed E-state index contributed by atoms with van der Waals surface area (Å²) in [5.74, 6) is -0.823. The number of nitrogens with zero attached hydrogens (tertiary/aromatic N) is 2. The van der Waals surface area contributed by atoms with Gasteiger partial charge in [0, 0.05) is 42.5 Å². The largest absolute Gasteiger partial charge is 0.507 e. The lowest BCUT2D eigenvalue weighted by molar-refractivity contribution is -0.123. The van der Waals surface area contributed by atoms with Crippen LogP contribution in [-0.2, 0) is 9.59 Å². The van der Waals surface area contributed by atoms with Gasteiger partial charge in [0.15, 0.2) is 0 Å². The Bertz CT molecular complexity index is 697. The molecule has 1 aromatic carbocycles. The molecule has 0 spiro atoms. The van der Waals surface area contributed by atoms with E-state index in [0.29, 0.717) is 17.7 Å². The van der Waals surface area contributed by atoms with Crippen molar-refractivity contribution in [2.24, 2.45) is 11.0 Å². The van der Waals surface area contributed by atoms with Gasteiger partial charge in [-0.15, -0.1) is 0 Å². The summed E-state index contributed by atoms with van der Waals surface area (Å²) >= 11 is 0. The quantitative estimate of drug-likeness (QED) is 0.413. The molecule has 0 aliphatic carbocycles. The number of phenols is 1. The molecule has 0 radical (unpaired) electrons. The number of hydrazine groups is 1. The lowest BCUT2D eigenvalue weighted by atomic mass is 10.0. The van der Waals surface area contributed by atoms with E-state index in [4.69, 9.17) is 0 Å². The second-order valence-corrected chi connectivity index (χ2v) is 5.94. The number of hydrogen-bond acceptors (Lipinski definition) is 6. The number of aromatic hydroxyl groups is 1.